The Balaban J connectivity index is 2.27. The average Bonchev–Trinajstić information content (AvgIpc) is 2.69. The van der Waals surface area contributed by atoms with Crippen molar-refractivity contribution in [3.8, 4) is 0 Å². The third-order valence-corrected chi connectivity index (χ3v) is 4.18. The lowest BCUT2D eigenvalue weighted by molar-refractivity contribution is -0.150. The van der Waals surface area contributed by atoms with Gasteiger partial charge in [0, 0.05) is 5.75 Å². The quantitative estimate of drug-likeness (QED) is 0.684. The number of urea groups is 1. The third kappa shape index (κ3) is 1.61. The van der Waals surface area contributed by atoms with Gasteiger partial charge in [0.05, 0.1) is 6.04 Å². The summed E-state index contributed by atoms with van der Waals surface area (Å²) in [6, 6.07) is -0.633. The van der Waals surface area contributed by atoms with Gasteiger partial charge in [0.25, 0.3) is 0 Å². The number of thioether (sulfide) groups is 1. The monoisotopic (exact) mass is 242 g/mol. The van der Waals surface area contributed by atoms with Crippen molar-refractivity contribution in [2.75, 3.05) is 11.5 Å². The Morgan fingerprint density at radius 3 is 2.62 bits per heavy atom. The van der Waals surface area contributed by atoms with Crippen molar-refractivity contribution < 1.29 is 14.4 Å². The van der Waals surface area contributed by atoms with Crippen LogP contribution < -0.4 is 5.32 Å². The Morgan fingerprint density at radius 1 is 1.38 bits per heavy atom. The Morgan fingerprint density at radius 2 is 2.06 bits per heavy atom. The molecule has 1 N–H and O–H groups in total. The average molecular weight is 242 g/mol. The van der Waals surface area contributed by atoms with Crippen LogP contribution in [-0.4, -0.2) is 40.3 Å². The van der Waals surface area contributed by atoms with Crippen LogP contribution in [0.1, 0.15) is 20.3 Å². The molecule has 0 aliphatic carbocycles. The van der Waals surface area contributed by atoms with Gasteiger partial charge in [0.2, 0.25) is 11.8 Å². The lowest BCUT2D eigenvalue weighted by Gasteiger charge is -2.37. The normalized spacial score (nSPS) is 29.5. The number of rotatable bonds is 1. The molecule has 2 aliphatic rings. The van der Waals surface area contributed by atoms with Crippen LogP contribution in [0.5, 0.6) is 0 Å². The molecule has 6 heteroatoms. The summed E-state index contributed by atoms with van der Waals surface area (Å²) in [5.74, 6) is 0.831. The molecule has 88 valence electrons. The van der Waals surface area contributed by atoms with Gasteiger partial charge < -0.3 is 0 Å². The van der Waals surface area contributed by atoms with E-state index in [1.54, 1.807) is 25.6 Å². The number of nitrogens with one attached hydrogen (secondary N) is 1. The van der Waals surface area contributed by atoms with Crippen molar-refractivity contribution in [2.24, 2.45) is 5.41 Å². The standard InChI is InChI=1S/C10H14N2O3S/c1-10(2)7(13)11-9(15)12(8(10)14)6-3-4-16-5-6/h6H,3-5H2,1-2H3,(H,11,13,15). The molecule has 4 amide bonds. The molecule has 2 heterocycles. The molecule has 2 aliphatic heterocycles. The second-order valence-electron chi connectivity index (χ2n) is 4.58. The molecule has 0 bridgehead atoms. The number of hydrogen-bond donors (Lipinski definition) is 1. The van der Waals surface area contributed by atoms with E-state index in [1.165, 1.54) is 4.90 Å². The number of amides is 4. The third-order valence-electron chi connectivity index (χ3n) is 3.03. The van der Waals surface area contributed by atoms with E-state index in [0.717, 1.165) is 17.9 Å². The van der Waals surface area contributed by atoms with Crippen LogP contribution in [0.15, 0.2) is 0 Å². The number of nitrogens with zero attached hydrogens (tertiary/aromatic N) is 1. The van der Waals surface area contributed by atoms with Gasteiger partial charge in [0.15, 0.2) is 0 Å². The van der Waals surface area contributed by atoms with Gasteiger partial charge in [-0.15, -0.1) is 0 Å². The van der Waals surface area contributed by atoms with E-state index < -0.39 is 17.4 Å². The SMILES string of the molecule is CC1(C)C(=O)NC(=O)N(C2CCSC2)C1=O. The topological polar surface area (TPSA) is 66.5 Å². The van der Waals surface area contributed by atoms with E-state index in [4.69, 9.17) is 0 Å². The Kier molecular flexibility index (Phi) is 2.69. The minimum atomic E-state index is -1.14. The first-order valence-electron chi connectivity index (χ1n) is 5.21. The zero-order valence-electron chi connectivity index (χ0n) is 9.28. The molecule has 0 aromatic rings. The van der Waals surface area contributed by atoms with E-state index in [-0.39, 0.29) is 11.9 Å². The highest BCUT2D eigenvalue weighted by Crippen LogP contribution is 2.30. The van der Waals surface area contributed by atoms with Crippen LogP contribution in [0, 0.1) is 5.41 Å². The van der Waals surface area contributed by atoms with E-state index >= 15 is 0 Å². The predicted molar refractivity (Wildman–Crippen MR) is 59.9 cm³/mol. The van der Waals surface area contributed by atoms with E-state index in [9.17, 15) is 14.4 Å². The summed E-state index contributed by atoms with van der Waals surface area (Å²) < 4.78 is 0. The molecule has 0 spiro atoms. The van der Waals surface area contributed by atoms with E-state index in [2.05, 4.69) is 5.32 Å². The van der Waals surface area contributed by atoms with Crippen LogP contribution in [-0.2, 0) is 9.59 Å². The molecule has 2 fully saturated rings. The van der Waals surface area contributed by atoms with Crippen molar-refractivity contribution in [2.45, 2.75) is 26.3 Å². The maximum atomic E-state index is 12.1. The largest absolute Gasteiger partial charge is 0.331 e. The summed E-state index contributed by atoms with van der Waals surface area (Å²) in [7, 11) is 0. The van der Waals surface area contributed by atoms with E-state index in [1.807, 2.05) is 0 Å². The molecule has 1 unspecified atom stereocenters. The second kappa shape index (κ2) is 3.76. The lowest BCUT2D eigenvalue weighted by Crippen LogP contribution is -2.64. The van der Waals surface area contributed by atoms with Gasteiger partial charge in [-0.2, -0.15) is 11.8 Å². The first-order valence-corrected chi connectivity index (χ1v) is 6.37. The number of imide groups is 2. The minimum absolute atomic E-state index is 0.0649. The molecule has 16 heavy (non-hydrogen) atoms. The van der Waals surface area contributed by atoms with Gasteiger partial charge in [-0.3, -0.25) is 19.8 Å². The van der Waals surface area contributed by atoms with Crippen LogP contribution in [0.25, 0.3) is 0 Å². The van der Waals surface area contributed by atoms with Gasteiger partial charge >= 0.3 is 6.03 Å². The number of hydrogen-bond acceptors (Lipinski definition) is 4. The summed E-state index contributed by atoms with van der Waals surface area (Å²) >= 11 is 1.72. The minimum Gasteiger partial charge on any atom is -0.277 e. The zero-order chi connectivity index (χ0) is 11.9. The molecule has 0 aromatic heterocycles. The molecule has 0 aromatic carbocycles. The Labute approximate surface area is 97.9 Å². The fourth-order valence-electron chi connectivity index (χ4n) is 1.86. The summed E-state index contributed by atoms with van der Waals surface area (Å²) in [6.07, 6.45) is 0.814. The predicted octanol–water partition coefficient (Wildman–Crippen LogP) is 0.596. The van der Waals surface area contributed by atoms with Gasteiger partial charge in [0.1, 0.15) is 5.41 Å². The molecule has 1 atom stereocenters. The molecule has 2 rings (SSSR count). The highest BCUT2D eigenvalue weighted by Gasteiger charge is 2.49. The fourth-order valence-corrected chi connectivity index (χ4v) is 3.05. The molecule has 5 nitrogen and oxygen atoms in total. The van der Waals surface area contributed by atoms with Gasteiger partial charge in [-0.25, -0.2) is 4.79 Å². The highest BCUT2D eigenvalue weighted by molar-refractivity contribution is 7.99. The maximum Gasteiger partial charge on any atom is 0.331 e. The van der Waals surface area contributed by atoms with Crippen LogP contribution >= 0.6 is 11.8 Å². The molecular formula is C10H14N2O3S. The zero-order valence-corrected chi connectivity index (χ0v) is 10.1. The summed E-state index contributed by atoms with van der Waals surface area (Å²) in [5, 5.41) is 2.24. The molecule has 0 saturated carbocycles. The van der Waals surface area contributed by atoms with Crippen LogP contribution in [0.4, 0.5) is 4.79 Å². The molecule has 2 saturated heterocycles. The number of barbiturate groups is 1. The molecule has 0 radical (unpaired) electrons. The van der Waals surface area contributed by atoms with Crippen LogP contribution in [0.3, 0.4) is 0 Å². The van der Waals surface area contributed by atoms with Crippen molar-refractivity contribution in [1.82, 2.24) is 10.2 Å². The Hall–Kier alpha value is -1.04. The van der Waals surface area contributed by atoms with Gasteiger partial charge in [-0.05, 0) is 26.0 Å². The molecular weight excluding hydrogens is 228 g/mol. The van der Waals surface area contributed by atoms with Crippen molar-refractivity contribution in [3.05, 3.63) is 0 Å². The highest BCUT2D eigenvalue weighted by atomic mass is 32.2. The van der Waals surface area contributed by atoms with Crippen LogP contribution in [0.2, 0.25) is 0 Å². The first kappa shape index (κ1) is 11.4. The maximum absolute atomic E-state index is 12.1. The lowest BCUT2D eigenvalue weighted by atomic mass is 9.88. The smallest absolute Gasteiger partial charge is 0.277 e. The number of carbonyl (C=O) groups excluding carboxylic acids is 3. The number of carbonyl (C=O) groups is 3. The second-order valence-corrected chi connectivity index (χ2v) is 5.73. The summed E-state index contributed by atoms with van der Waals surface area (Å²) in [5.41, 5.74) is -1.14. The summed E-state index contributed by atoms with van der Waals surface area (Å²) in [6.45, 7) is 3.10. The van der Waals surface area contributed by atoms with E-state index in [0.29, 0.717) is 0 Å². The van der Waals surface area contributed by atoms with Crippen molar-refractivity contribution >= 4 is 29.6 Å². The fraction of sp³-hybridized carbons (Fsp3) is 0.700. The van der Waals surface area contributed by atoms with Crippen molar-refractivity contribution in [3.63, 3.8) is 0 Å². The summed E-state index contributed by atoms with van der Waals surface area (Å²) in [4.78, 5) is 36.5. The van der Waals surface area contributed by atoms with Gasteiger partial charge in [-0.1, -0.05) is 0 Å². The first-order chi connectivity index (χ1) is 7.44. The van der Waals surface area contributed by atoms with Crippen molar-refractivity contribution in [1.29, 1.82) is 0 Å². The Bertz CT molecular complexity index is 361.